The molecule has 1 heterocycles. The fraction of sp³-hybridized carbons (Fsp3) is 0.333. The van der Waals surface area contributed by atoms with Crippen LogP contribution in [0.15, 0.2) is 17.3 Å². The van der Waals surface area contributed by atoms with E-state index in [4.69, 9.17) is 17.3 Å². The molecule has 0 spiro atoms. The summed E-state index contributed by atoms with van der Waals surface area (Å²) in [6, 6.07) is 0. The van der Waals surface area contributed by atoms with Crippen molar-refractivity contribution in [1.29, 1.82) is 0 Å². The highest BCUT2D eigenvalue weighted by Gasteiger charge is 1.95. The molecule has 0 aliphatic carbocycles. The largest absolute Gasteiger partial charge is 0.381 e. The smallest absolute Gasteiger partial charge is 0.165 e. The van der Waals surface area contributed by atoms with Crippen LogP contribution in [-0.4, -0.2) is 15.0 Å². The summed E-state index contributed by atoms with van der Waals surface area (Å²) in [5.74, 6) is 0.423. The lowest BCUT2D eigenvalue weighted by molar-refractivity contribution is 0.643. The lowest BCUT2D eigenvalue weighted by Gasteiger charge is -1.96. The molecule has 0 fully saturated rings. The molecule has 0 unspecified atom stereocenters. The monoisotopic (exact) mass is 172 g/mol. The van der Waals surface area contributed by atoms with Crippen molar-refractivity contribution >= 4 is 17.4 Å². The van der Waals surface area contributed by atoms with Crippen LogP contribution in [0.3, 0.4) is 0 Å². The van der Waals surface area contributed by atoms with Gasteiger partial charge in [-0.05, 0) is 12.5 Å². The van der Waals surface area contributed by atoms with Crippen molar-refractivity contribution in [3.8, 4) is 0 Å². The average molecular weight is 173 g/mol. The van der Waals surface area contributed by atoms with Gasteiger partial charge in [-0.25, -0.2) is 4.68 Å². The van der Waals surface area contributed by atoms with Gasteiger partial charge in [-0.2, -0.15) is 0 Å². The van der Waals surface area contributed by atoms with Crippen molar-refractivity contribution in [1.82, 2.24) is 15.0 Å². The Morgan fingerprint density at radius 2 is 2.64 bits per heavy atom. The molecule has 0 bridgehead atoms. The van der Waals surface area contributed by atoms with Gasteiger partial charge >= 0.3 is 0 Å². The molecule has 0 atom stereocenters. The molecule has 11 heavy (non-hydrogen) atoms. The number of rotatable bonds is 2. The van der Waals surface area contributed by atoms with E-state index in [0.717, 1.165) is 5.57 Å². The molecule has 4 nitrogen and oxygen atoms in total. The van der Waals surface area contributed by atoms with E-state index in [1.54, 1.807) is 10.9 Å². The summed E-state index contributed by atoms with van der Waals surface area (Å²) >= 11 is 5.45. The molecule has 0 amide bonds. The first kappa shape index (κ1) is 8.07. The van der Waals surface area contributed by atoms with Crippen LogP contribution in [0, 0.1) is 0 Å². The first-order valence-electron chi connectivity index (χ1n) is 3.14. The van der Waals surface area contributed by atoms with E-state index < -0.39 is 0 Å². The van der Waals surface area contributed by atoms with Gasteiger partial charge in [0.2, 0.25) is 0 Å². The van der Waals surface area contributed by atoms with Crippen molar-refractivity contribution in [3.63, 3.8) is 0 Å². The van der Waals surface area contributed by atoms with E-state index in [0.29, 0.717) is 12.4 Å². The van der Waals surface area contributed by atoms with Crippen LogP contribution in [0.25, 0.3) is 0 Å². The molecule has 0 saturated carbocycles. The van der Waals surface area contributed by atoms with Gasteiger partial charge in [0.25, 0.3) is 0 Å². The van der Waals surface area contributed by atoms with Gasteiger partial charge in [0.15, 0.2) is 5.82 Å². The van der Waals surface area contributed by atoms with Crippen LogP contribution >= 0.6 is 11.6 Å². The quantitative estimate of drug-likeness (QED) is 0.724. The molecule has 1 aromatic heterocycles. The second kappa shape index (κ2) is 3.39. The molecule has 60 valence electrons. The fourth-order valence-corrected chi connectivity index (χ4v) is 0.750. The van der Waals surface area contributed by atoms with Crippen LogP contribution in [0.2, 0.25) is 0 Å². The highest BCUT2D eigenvalue weighted by molar-refractivity contribution is 6.25. The summed E-state index contributed by atoms with van der Waals surface area (Å²) in [4.78, 5) is 0. The number of hydrogen-bond acceptors (Lipinski definition) is 3. The number of nitrogens with two attached hydrogens (primary N) is 1. The Bertz CT molecular complexity index is 265. The second-order valence-electron chi connectivity index (χ2n) is 2.30. The minimum absolute atomic E-state index is 0.423. The van der Waals surface area contributed by atoms with E-state index in [9.17, 15) is 0 Å². The molecule has 0 aliphatic rings. The van der Waals surface area contributed by atoms with Gasteiger partial charge in [-0.1, -0.05) is 16.8 Å². The van der Waals surface area contributed by atoms with E-state index >= 15 is 0 Å². The maximum Gasteiger partial charge on any atom is 0.165 e. The molecule has 0 radical (unpaired) electrons. The number of hydrogen-bond donors (Lipinski definition) is 1. The Balaban J connectivity index is 2.65. The predicted molar refractivity (Wildman–Crippen MR) is 44.0 cm³/mol. The molecule has 5 heteroatoms. The van der Waals surface area contributed by atoms with Crippen molar-refractivity contribution in [2.75, 3.05) is 5.73 Å². The summed E-state index contributed by atoms with van der Waals surface area (Å²) < 4.78 is 1.63. The third-order valence-corrected chi connectivity index (χ3v) is 1.53. The zero-order valence-electron chi connectivity index (χ0n) is 6.16. The summed E-state index contributed by atoms with van der Waals surface area (Å²) in [5, 5.41) is 7.37. The van der Waals surface area contributed by atoms with Gasteiger partial charge in [-0.15, -0.1) is 5.10 Å². The summed E-state index contributed by atoms with van der Waals surface area (Å²) in [5.41, 5.74) is 7.87. The van der Waals surface area contributed by atoms with Gasteiger partial charge < -0.3 is 5.73 Å². The lowest BCUT2D eigenvalue weighted by atomic mass is 10.3. The maximum absolute atomic E-state index is 5.45. The first-order chi connectivity index (χ1) is 5.22. The normalized spacial score (nSPS) is 12.0. The highest BCUT2D eigenvalue weighted by Crippen LogP contribution is 2.00. The first-order valence-corrected chi connectivity index (χ1v) is 3.57. The third-order valence-electron chi connectivity index (χ3n) is 1.15. The van der Waals surface area contributed by atoms with Crippen LogP contribution in [0.5, 0.6) is 0 Å². The van der Waals surface area contributed by atoms with Crippen LogP contribution in [0.4, 0.5) is 5.82 Å². The van der Waals surface area contributed by atoms with Gasteiger partial charge in [0.05, 0.1) is 12.7 Å². The van der Waals surface area contributed by atoms with Crippen LogP contribution < -0.4 is 5.73 Å². The maximum atomic E-state index is 5.45. The predicted octanol–water partition coefficient (Wildman–Crippen LogP) is 1.00. The molecule has 2 N–H and O–H groups in total. The van der Waals surface area contributed by atoms with Crippen molar-refractivity contribution in [3.05, 3.63) is 17.3 Å². The molecule has 1 aromatic rings. The zero-order chi connectivity index (χ0) is 8.27. The number of halogens is 1. The Labute approximate surface area is 69.6 Å². The Morgan fingerprint density at radius 3 is 3.09 bits per heavy atom. The SMILES string of the molecule is C/C(=C\Cl)Cn1cc(N)nn1. The molecule has 1 rings (SSSR count). The number of aromatic nitrogens is 3. The van der Waals surface area contributed by atoms with E-state index in [-0.39, 0.29) is 0 Å². The highest BCUT2D eigenvalue weighted by atomic mass is 35.5. The number of nitrogen functional groups attached to an aromatic ring is 1. The van der Waals surface area contributed by atoms with Gasteiger partial charge in [-0.3, -0.25) is 0 Å². The van der Waals surface area contributed by atoms with Gasteiger partial charge in [0, 0.05) is 5.54 Å². The van der Waals surface area contributed by atoms with Gasteiger partial charge in [0.1, 0.15) is 0 Å². The number of anilines is 1. The summed E-state index contributed by atoms with van der Waals surface area (Å²) in [7, 11) is 0. The standard InChI is InChI=1S/C6H9ClN4/c1-5(2-7)3-11-4-6(8)9-10-11/h2,4H,3,8H2,1H3/b5-2+. The molecule has 0 saturated heterocycles. The Morgan fingerprint density at radius 1 is 1.91 bits per heavy atom. The van der Waals surface area contributed by atoms with Crippen molar-refractivity contribution in [2.24, 2.45) is 0 Å². The minimum atomic E-state index is 0.423. The van der Waals surface area contributed by atoms with Crippen molar-refractivity contribution < 1.29 is 0 Å². The number of allylic oxidation sites excluding steroid dienone is 1. The molecular formula is C6H9ClN4. The molecule has 0 aromatic carbocycles. The summed E-state index contributed by atoms with van der Waals surface area (Å²) in [6.45, 7) is 2.54. The van der Waals surface area contributed by atoms with E-state index in [2.05, 4.69) is 10.3 Å². The third kappa shape index (κ3) is 2.23. The number of nitrogens with zero attached hydrogens (tertiary/aromatic N) is 3. The topological polar surface area (TPSA) is 56.7 Å². The Hall–Kier alpha value is -1.03. The lowest BCUT2D eigenvalue weighted by Crippen LogP contribution is -1.99. The molecule has 0 aliphatic heterocycles. The fourth-order valence-electron chi connectivity index (χ4n) is 0.681. The zero-order valence-corrected chi connectivity index (χ0v) is 6.91. The van der Waals surface area contributed by atoms with E-state index in [1.165, 1.54) is 5.54 Å². The Kier molecular flexibility index (Phi) is 2.48. The van der Waals surface area contributed by atoms with E-state index in [1.807, 2.05) is 6.92 Å². The van der Waals surface area contributed by atoms with Crippen LogP contribution in [0.1, 0.15) is 6.92 Å². The van der Waals surface area contributed by atoms with Crippen molar-refractivity contribution in [2.45, 2.75) is 13.5 Å². The minimum Gasteiger partial charge on any atom is -0.381 e. The molecular weight excluding hydrogens is 164 g/mol. The summed E-state index contributed by atoms with van der Waals surface area (Å²) in [6.07, 6.45) is 1.66. The average Bonchev–Trinajstić information content (AvgIpc) is 2.35. The van der Waals surface area contributed by atoms with Crippen LogP contribution in [-0.2, 0) is 6.54 Å². The second-order valence-corrected chi connectivity index (χ2v) is 2.51.